The topological polar surface area (TPSA) is 72.8 Å². The van der Waals surface area contributed by atoms with Crippen molar-refractivity contribution in [3.8, 4) is 22.6 Å². The second-order valence-corrected chi connectivity index (χ2v) is 9.81. The first kappa shape index (κ1) is 21.5. The Morgan fingerprint density at radius 2 is 1.97 bits per heavy atom. The number of nitrogens with zero attached hydrogens (tertiary/aromatic N) is 3. The summed E-state index contributed by atoms with van der Waals surface area (Å²) in [6.07, 6.45) is 3.67. The first-order chi connectivity index (χ1) is 16.0. The molecule has 0 saturated heterocycles. The van der Waals surface area contributed by atoms with Crippen LogP contribution in [0.1, 0.15) is 16.3 Å². The number of aryl methyl sites for hydroxylation is 2. The molecule has 3 heterocycles. The van der Waals surface area contributed by atoms with Crippen molar-refractivity contribution in [1.82, 2.24) is 19.5 Å². The molecule has 0 atom stereocenters. The van der Waals surface area contributed by atoms with E-state index >= 15 is 0 Å². The van der Waals surface area contributed by atoms with Gasteiger partial charge in [0.25, 0.3) is 5.56 Å². The second kappa shape index (κ2) is 8.88. The van der Waals surface area contributed by atoms with Gasteiger partial charge in [-0.05, 0) is 31.5 Å². The average Bonchev–Trinajstić information content (AvgIpc) is 3.42. The molecule has 0 fully saturated rings. The number of nitrogens with one attached hydrogen (secondary N) is 1. The first-order valence-electron chi connectivity index (χ1n) is 10.4. The predicted octanol–water partition coefficient (Wildman–Crippen LogP) is 5.76. The lowest BCUT2D eigenvalue weighted by Gasteiger charge is -2.09. The van der Waals surface area contributed by atoms with E-state index in [9.17, 15) is 4.79 Å². The van der Waals surface area contributed by atoms with Crippen LogP contribution >= 0.6 is 23.1 Å². The summed E-state index contributed by atoms with van der Waals surface area (Å²) in [5.74, 6) is 1.92. The Morgan fingerprint density at radius 3 is 2.76 bits per heavy atom. The van der Waals surface area contributed by atoms with Gasteiger partial charge in [-0.1, -0.05) is 47.7 Å². The highest BCUT2D eigenvalue weighted by Gasteiger charge is 2.17. The van der Waals surface area contributed by atoms with E-state index in [4.69, 9.17) is 9.72 Å². The minimum atomic E-state index is -0.105. The summed E-state index contributed by atoms with van der Waals surface area (Å²) in [5, 5.41) is 1.47. The highest BCUT2D eigenvalue weighted by atomic mass is 32.2. The second-order valence-electron chi connectivity index (χ2n) is 7.66. The van der Waals surface area contributed by atoms with Gasteiger partial charge in [0.1, 0.15) is 16.4 Å². The lowest BCUT2D eigenvalue weighted by atomic mass is 10.0. The van der Waals surface area contributed by atoms with Gasteiger partial charge in [-0.25, -0.2) is 9.97 Å². The minimum absolute atomic E-state index is 0.105. The fraction of sp³-hybridized carbons (Fsp3) is 0.160. The molecule has 3 aromatic heterocycles. The molecule has 2 aromatic carbocycles. The summed E-state index contributed by atoms with van der Waals surface area (Å²) in [4.78, 5) is 27.2. The summed E-state index contributed by atoms with van der Waals surface area (Å²) < 4.78 is 7.33. The normalized spacial score (nSPS) is 11.2. The number of aromatic amines is 1. The standard InChI is InChI=1S/C25H22N4O2S2/c1-15-7-9-17(10-8-15)21-16(2)33-24-22(21)23(30)27-20(28-24)14-32-25-26-11-12-29(25)18-5-4-6-19(13-18)31-3/h4-13H,14H2,1-3H3,(H,27,28,30). The Morgan fingerprint density at radius 1 is 1.15 bits per heavy atom. The van der Waals surface area contributed by atoms with Crippen LogP contribution in [0.15, 0.2) is 70.9 Å². The number of aromatic nitrogens is 4. The molecule has 8 heteroatoms. The fourth-order valence-electron chi connectivity index (χ4n) is 3.79. The zero-order chi connectivity index (χ0) is 22.9. The van der Waals surface area contributed by atoms with Gasteiger partial charge in [0.05, 0.1) is 23.9 Å². The molecule has 0 aliphatic carbocycles. The van der Waals surface area contributed by atoms with Crippen molar-refractivity contribution in [1.29, 1.82) is 0 Å². The molecule has 1 N–H and O–H groups in total. The number of fused-ring (bicyclic) bond motifs is 1. The zero-order valence-electron chi connectivity index (χ0n) is 18.5. The first-order valence-corrected chi connectivity index (χ1v) is 12.2. The number of rotatable bonds is 6. The van der Waals surface area contributed by atoms with E-state index in [-0.39, 0.29) is 5.56 Å². The third-order valence-corrected chi connectivity index (χ3v) is 7.38. The van der Waals surface area contributed by atoms with Crippen molar-refractivity contribution >= 4 is 33.3 Å². The summed E-state index contributed by atoms with van der Waals surface area (Å²) in [6.45, 7) is 4.10. The molecule has 0 bridgehead atoms. The molecular weight excluding hydrogens is 452 g/mol. The quantitative estimate of drug-likeness (QED) is 0.317. The SMILES string of the molecule is COc1cccc(-n2ccnc2SCc2nc3sc(C)c(-c4ccc(C)cc4)c3c(=O)[nH]2)c1. The van der Waals surface area contributed by atoms with E-state index in [1.807, 2.05) is 42.0 Å². The Kier molecular flexibility index (Phi) is 5.78. The third kappa shape index (κ3) is 4.19. The van der Waals surface area contributed by atoms with Gasteiger partial charge >= 0.3 is 0 Å². The highest BCUT2D eigenvalue weighted by Crippen LogP contribution is 2.36. The third-order valence-electron chi connectivity index (χ3n) is 5.40. The van der Waals surface area contributed by atoms with E-state index < -0.39 is 0 Å². The maximum Gasteiger partial charge on any atom is 0.260 e. The van der Waals surface area contributed by atoms with Crippen molar-refractivity contribution in [2.24, 2.45) is 0 Å². The lowest BCUT2D eigenvalue weighted by Crippen LogP contribution is -2.11. The Balaban J connectivity index is 1.44. The van der Waals surface area contributed by atoms with Gasteiger partial charge in [0.15, 0.2) is 5.16 Å². The van der Waals surface area contributed by atoms with E-state index in [1.54, 1.807) is 24.6 Å². The van der Waals surface area contributed by atoms with E-state index in [1.165, 1.54) is 17.3 Å². The number of hydrogen-bond donors (Lipinski definition) is 1. The summed E-state index contributed by atoms with van der Waals surface area (Å²) in [5.41, 5.74) is 4.06. The molecule has 0 aliphatic heterocycles. The predicted molar refractivity (Wildman–Crippen MR) is 135 cm³/mol. The van der Waals surface area contributed by atoms with Crippen LogP contribution in [-0.4, -0.2) is 26.6 Å². The molecule has 5 rings (SSSR count). The van der Waals surface area contributed by atoms with Crippen LogP contribution in [-0.2, 0) is 5.75 Å². The number of thiophene rings is 1. The minimum Gasteiger partial charge on any atom is -0.497 e. The van der Waals surface area contributed by atoms with Crippen molar-refractivity contribution in [3.05, 3.63) is 87.5 Å². The highest BCUT2D eigenvalue weighted by molar-refractivity contribution is 7.98. The maximum absolute atomic E-state index is 13.1. The van der Waals surface area contributed by atoms with Crippen molar-refractivity contribution < 1.29 is 4.74 Å². The number of hydrogen-bond acceptors (Lipinski definition) is 6. The van der Waals surface area contributed by atoms with Gasteiger partial charge in [-0.3, -0.25) is 9.36 Å². The number of imidazole rings is 1. The van der Waals surface area contributed by atoms with Gasteiger partial charge in [-0.15, -0.1) is 11.3 Å². The fourth-order valence-corrected chi connectivity index (χ4v) is 5.69. The Labute approximate surface area is 199 Å². The van der Waals surface area contributed by atoms with Crippen LogP contribution in [0.2, 0.25) is 0 Å². The Bertz CT molecular complexity index is 1500. The van der Waals surface area contributed by atoms with Gasteiger partial charge in [0, 0.05) is 28.9 Å². The lowest BCUT2D eigenvalue weighted by molar-refractivity contribution is 0.414. The number of benzene rings is 2. The number of thioether (sulfide) groups is 1. The van der Waals surface area contributed by atoms with Crippen molar-refractivity contribution in [3.63, 3.8) is 0 Å². The molecule has 0 saturated carbocycles. The van der Waals surface area contributed by atoms with Crippen LogP contribution in [0.3, 0.4) is 0 Å². The number of methoxy groups -OCH3 is 1. The van der Waals surface area contributed by atoms with Crippen LogP contribution in [0.4, 0.5) is 0 Å². The van der Waals surface area contributed by atoms with Crippen molar-refractivity contribution in [2.75, 3.05) is 7.11 Å². The van der Waals surface area contributed by atoms with E-state index in [0.29, 0.717) is 17.0 Å². The molecule has 0 spiro atoms. The van der Waals surface area contributed by atoms with E-state index in [0.717, 1.165) is 37.4 Å². The smallest absolute Gasteiger partial charge is 0.260 e. The van der Waals surface area contributed by atoms with Crippen LogP contribution in [0.25, 0.3) is 27.0 Å². The Hall–Kier alpha value is -3.36. The summed E-state index contributed by atoms with van der Waals surface area (Å²) in [6, 6.07) is 16.1. The molecule has 0 radical (unpaired) electrons. The van der Waals surface area contributed by atoms with Crippen molar-refractivity contribution in [2.45, 2.75) is 24.8 Å². The summed E-state index contributed by atoms with van der Waals surface area (Å²) >= 11 is 3.08. The molecule has 0 unspecified atom stereocenters. The largest absolute Gasteiger partial charge is 0.497 e. The average molecular weight is 475 g/mol. The van der Waals surface area contributed by atoms with Crippen LogP contribution in [0, 0.1) is 13.8 Å². The molecule has 5 aromatic rings. The van der Waals surface area contributed by atoms with Gasteiger partial charge in [0.2, 0.25) is 0 Å². The van der Waals surface area contributed by atoms with Crippen LogP contribution in [0.5, 0.6) is 5.75 Å². The van der Waals surface area contributed by atoms with Gasteiger partial charge in [-0.2, -0.15) is 0 Å². The molecule has 33 heavy (non-hydrogen) atoms. The number of H-pyrrole nitrogens is 1. The molecule has 0 amide bonds. The van der Waals surface area contributed by atoms with Gasteiger partial charge < -0.3 is 9.72 Å². The molecule has 166 valence electrons. The molecule has 6 nitrogen and oxygen atoms in total. The zero-order valence-corrected chi connectivity index (χ0v) is 20.1. The molecule has 0 aliphatic rings. The maximum atomic E-state index is 13.1. The summed E-state index contributed by atoms with van der Waals surface area (Å²) in [7, 11) is 1.65. The number of ether oxygens (including phenoxy) is 1. The van der Waals surface area contributed by atoms with E-state index in [2.05, 4.69) is 41.2 Å². The molecular formula is C25H22N4O2S2. The van der Waals surface area contributed by atoms with Crippen LogP contribution < -0.4 is 10.3 Å². The monoisotopic (exact) mass is 474 g/mol.